The standard InChI is InChI=1S/C19H18N2O.C5H5N5/c1-3-15-17(13-9-5-4-6-10-13)18(19(22)20-2)14-11-7-8-12-16(14)21-15;6-1-3-4(7)9-2-10-5(3)8/h4-12H,3H2,1-2H3,(H,20,22);2H,(H4,7,8,9,10). The van der Waals surface area contributed by atoms with Gasteiger partial charge in [-0.1, -0.05) is 55.5 Å². The van der Waals surface area contributed by atoms with Crippen molar-refractivity contribution in [1.82, 2.24) is 20.3 Å². The Hall–Kier alpha value is -4.51. The highest BCUT2D eigenvalue weighted by atomic mass is 16.1. The summed E-state index contributed by atoms with van der Waals surface area (Å²) in [7, 11) is 1.66. The first-order valence-electron chi connectivity index (χ1n) is 9.96. The van der Waals surface area contributed by atoms with E-state index in [4.69, 9.17) is 21.7 Å². The first-order valence-corrected chi connectivity index (χ1v) is 9.96. The summed E-state index contributed by atoms with van der Waals surface area (Å²) in [5.74, 6) is 0.164. The lowest BCUT2D eigenvalue weighted by atomic mass is 9.93. The van der Waals surface area contributed by atoms with E-state index in [2.05, 4.69) is 22.2 Å². The Balaban J connectivity index is 0.000000243. The number of carbonyl (C=O) groups excluding carboxylic acids is 1. The van der Waals surface area contributed by atoms with Gasteiger partial charge in [-0.25, -0.2) is 9.97 Å². The van der Waals surface area contributed by atoms with Crippen LogP contribution in [-0.2, 0) is 6.42 Å². The second kappa shape index (κ2) is 10.00. The fourth-order valence-corrected chi connectivity index (χ4v) is 3.32. The molecule has 0 aliphatic heterocycles. The summed E-state index contributed by atoms with van der Waals surface area (Å²) in [5.41, 5.74) is 15.2. The summed E-state index contributed by atoms with van der Waals surface area (Å²) in [6.07, 6.45) is 1.99. The van der Waals surface area contributed by atoms with E-state index in [1.165, 1.54) is 6.33 Å². The third-order valence-corrected chi connectivity index (χ3v) is 4.84. The van der Waals surface area contributed by atoms with Crippen LogP contribution in [0.25, 0.3) is 22.0 Å². The fourth-order valence-electron chi connectivity index (χ4n) is 3.32. The number of nitrogens with one attached hydrogen (secondary N) is 1. The predicted molar refractivity (Wildman–Crippen MR) is 126 cm³/mol. The van der Waals surface area contributed by atoms with Crippen molar-refractivity contribution in [3.63, 3.8) is 0 Å². The summed E-state index contributed by atoms with van der Waals surface area (Å²) in [4.78, 5) is 24.5. The highest BCUT2D eigenvalue weighted by Gasteiger charge is 2.20. The number of para-hydroxylation sites is 1. The van der Waals surface area contributed by atoms with Crippen LogP contribution in [0.4, 0.5) is 11.6 Å². The van der Waals surface area contributed by atoms with E-state index >= 15 is 0 Å². The number of benzene rings is 2. The van der Waals surface area contributed by atoms with Gasteiger partial charge in [-0.15, -0.1) is 0 Å². The van der Waals surface area contributed by atoms with E-state index in [1.807, 2.05) is 54.6 Å². The summed E-state index contributed by atoms with van der Waals surface area (Å²) in [5, 5.41) is 12.1. The smallest absolute Gasteiger partial charge is 0.252 e. The van der Waals surface area contributed by atoms with E-state index in [-0.39, 0.29) is 23.1 Å². The Kier molecular flexibility index (Phi) is 6.93. The highest BCUT2D eigenvalue weighted by Crippen LogP contribution is 2.32. The van der Waals surface area contributed by atoms with Gasteiger partial charge in [-0.3, -0.25) is 9.78 Å². The average molecular weight is 425 g/mol. The summed E-state index contributed by atoms with van der Waals surface area (Å²) >= 11 is 0. The molecule has 0 aliphatic carbocycles. The van der Waals surface area contributed by atoms with E-state index in [1.54, 1.807) is 13.1 Å². The third-order valence-electron chi connectivity index (χ3n) is 4.84. The van der Waals surface area contributed by atoms with Crippen molar-refractivity contribution in [1.29, 1.82) is 5.26 Å². The monoisotopic (exact) mass is 425 g/mol. The highest BCUT2D eigenvalue weighted by molar-refractivity contribution is 6.12. The van der Waals surface area contributed by atoms with Gasteiger partial charge in [0.1, 0.15) is 29.6 Å². The summed E-state index contributed by atoms with van der Waals surface area (Å²) in [6, 6.07) is 19.6. The zero-order valence-corrected chi connectivity index (χ0v) is 17.8. The number of aryl methyl sites for hydroxylation is 1. The molecule has 8 nitrogen and oxygen atoms in total. The van der Waals surface area contributed by atoms with Crippen LogP contribution in [0.3, 0.4) is 0 Å². The van der Waals surface area contributed by atoms with Gasteiger partial charge in [0.25, 0.3) is 5.91 Å². The molecule has 0 saturated heterocycles. The number of aromatic nitrogens is 3. The number of nitrogen functional groups attached to an aromatic ring is 2. The molecule has 0 spiro atoms. The van der Waals surface area contributed by atoms with Gasteiger partial charge in [-0.05, 0) is 18.1 Å². The Bertz CT molecular complexity index is 1280. The average Bonchev–Trinajstić information content (AvgIpc) is 2.83. The molecule has 0 bridgehead atoms. The molecule has 4 rings (SSSR count). The molecule has 1 amide bonds. The molecule has 0 atom stereocenters. The molecule has 2 aromatic heterocycles. The van der Waals surface area contributed by atoms with Gasteiger partial charge in [-0.2, -0.15) is 5.26 Å². The van der Waals surface area contributed by atoms with E-state index < -0.39 is 0 Å². The normalized spacial score (nSPS) is 10.0. The number of pyridine rings is 1. The van der Waals surface area contributed by atoms with Gasteiger partial charge in [0.2, 0.25) is 0 Å². The minimum absolute atomic E-state index is 0.0767. The van der Waals surface area contributed by atoms with Gasteiger partial charge < -0.3 is 16.8 Å². The number of fused-ring (bicyclic) bond motifs is 1. The maximum absolute atomic E-state index is 12.6. The molecule has 5 N–H and O–H groups in total. The molecule has 2 aromatic carbocycles. The van der Waals surface area contributed by atoms with Gasteiger partial charge in [0, 0.05) is 23.7 Å². The lowest BCUT2D eigenvalue weighted by Gasteiger charge is -2.16. The Labute approximate surface area is 186 Å². The van der Waals surface area contributed by atoms with Crippen LogP contribution in [0.1, 0.15) is 28.5 Å². The Morgan fingerprint density at radius 3 is 2.22 bits per heavy atom. The minimum atomic E-state index is -0.0767. The van der Waals surface area contributed by atoms with E-state index in [0.29, 0.717) is 5.56 Å². The van der Waals surface area contributed by atoms with Crippen LogP contribution in [0, 0.1) is 11.3 Å². The molecule has 8 heteroatoms. The van der Waals surface area contributed by atoms with Gasteiger partial charge in [0.05, 0.1) is 11.1 Å². The number of rotatable bonds is 3. The minimum Gasteiger partial charge on any atom is -0.382 e. The number of nitrogens with zero attached hydrogens (tertiary/aromatic N) is 4. The first-order chi connectivity index (χ1) is 15.5. The van der Waals surface area contributed by atoms with Crippen molar-refractivity contribution >= 4 is 28.4 Å². The predicted octanol–water partition coefficient (Wildman–Crippen LogP) is 3.34. The van der Waals surface area contributed by atoms with E-state index in [9.17, 15) is 4.79 Å². The lowest BCUT2D eigenvalue weighted by Crippen LogP contribution is -2.20. The van der Waals surface area contributed by atoms with Crippen molar-refractivity contribution in [2.24, 2.45) is 0 Å². The van der Waals surface area contributed by atoms with Crippen molar-refractivity contribution in [3.05, 3.63) is 77.7 Å². The number of hydrogen-bond donors (Lipinski definition) is 3. The first kappa shape index (κ1) is 22.2. The summed E-state index contributed by atoms with van der Waals surface area (Å²) < 4.78 is 0. The lowest BCUT2D eigenvalue weighted by molar-refractivity contribution is 0.0965. The van der Waals surface area contributed by atoms with Crippen molar-refractivity contribution < 1.29 is 4.79 Å². The second-order valence-electron chi connectivity index (χ2n) is 6.76. The second-order valence-corrected chi connectivity index (χ2v) is 6.76. The topological polar surface area (TPSA) is 144 Å². The largest absolute Gasteiger partial charge is 0.382 e. The van der Waals surface area contributed by atoms with Gasteiger partial charge in [0.15, 0.2) is 0 Å². The molecular weight excluding hydrogens is 402 g/mol. The number of hydrogen-bond acceptors (Lipinski definition) is 7. The number of nitriles is 1. The van der Waals surface area contributed by atoms with Crippen LogP contribution in [-0.4, -0.2) is 27.9 Å². The van der Waals surface area contributed by atoms with E-state index in [0.717, 1.165) is 34.1 Å². The number of carbonyl (C=O) groups is 1. The fraction of sp³-hybridized carbons (Fsp3) is 0.125. The Morgan fingerprint density at radius 2 is 1.66 bits per heavy atom. The molecule has 160 valence electrons. The molecule has 0 unspecified atom stereocenters. The molecule has 0 radical (unpaired) electrons. The summed E-state index contributed by atoms with van der Waals surface area (Å²) in [6.45, 7) is 2.07. The van der Waals surface area contributed by atoms with Crippen LogP contribution in [0.15, 0.2) is 60.9 Å². The Morgan fingerprint density at radius 1 is 1.03 bits per heavy atom. The van der Waals surface area contributed by atoms with Crippen molar-refractivity contribution in [3.8, 4) is 17.2 Å². The molecular formula is C24H23N7O. The van der Waals surface area contributed by atoms with Crippen LogP contribution >= 0.6 is 0 Å². The third kappa shape index (κ3) is 4.47. The zero-order valence-electron chi connectivity index (χ0n) is 17.8. The van der Waals surface area contributed by atoms with Crippen molar-refractivity contribution in [2.45, 2.75) is 13.3 Å². The molecule has 4 aromatic rings. The molecule has 0 fully saturated rings. The van der Waals surface area contributed by atoms with Gasteiger partial charge >= 0.3 is 0 Å². The molecule has 0 aliphatic rings. The number of amides is 1. The SMILES string of the molecule is CCc1nc2ccccc2c(C(=O)NC)c1-c1ccccc1.N#Cc1c(N)ncnc1N. The zero-order chi connectivity index (χ0) is 23.1. The number of nitrogens with two attached hydrogens (primary N) is 2. The van der Waals surface area contributed by atoms with Crippen LogP contribution in [0.2, 0.25) is 0 Å². The molecule has 2 heterocycles. The maximum atomic E-state index is 12.6. The van der Waals surface area contributed by atoms with Crippen molar-refractivity contribution in [2.75, 3.05) is 18.5 Å². The molecule has 32 heavy (non-hydrogen) atoms. The number of anilines is 2. The molecule has 0 saturated carbocycles. The van der Waals surface area contributed by atoms with Crippen LogP contribution in [0.5, 0.6) is 0 Å². The quantitative estimate of drug-likeness (QED) is 0.456. The van der Waals surface area contributed by atoms with Crippen LogP contribution < -0.4 is 16.8 Å². The maximum Gasteiger partial charge on any atom is 0.252 e.